The second kappa shape index (κ2) is 9.12. The van der Waals surface area contributed by atoms with Crippen LogP contribution in [0.1, 0.15) is 40.8 Å². The van der Waals surface area contributed by atoms with Gasteiger partial charge < -0.3 is 4.90 Å². The third-order valence-electron chi connectivity index (χ3n) is 6.16. The number of hydrogen-bond donors (Lipinski definition) is 1. The molecule has 1 fully saturated rings. The van der Waals surface area contributed by atoms with Gasteiger partial charge >= 0.3 is 0 Å². The fourth-order valence-corrected chi connectivity index (χ4v) is 5.01. The first-order valence-corrected chi connectivity index (χ1v) is 12.0. The van der Waals surface area contributed by atoms with Gasteiger partial charge in [-0.05, 0) is 63.7 Å². The highest BCUT2D eigenvalue weighted by Gasteiger charge is 2.26. The molecule has 1 saturated heterocycles. The van der Waals surface area contributed by atoms with Crippen LogP contribution in [0.15, 0.2) is 65.0 Å². The van der Waals surface area contributed by atoms with E-state index in [0.717, 1.165) is 55.6 Å². The van der Waals surface area contributed by atoms with Crippen LogP contribution in [0.2, 0.25) is 5.02 Å². The molecule has 33 heavy (non-hydrogen) atoms. The maximum Gasteiger partial charge on any atom is 0.227 e. The molecular weight excluding hydrogens is 502 g/mol. The van der Waals surface area contributed by atoms with Crippen LogP contribution in [0.4, 0.5) is 0 Å². The van der Waals surface area contributed by atoms with Crippen LogP contribution >= 0.6 is 27.5 Å². The average molecular weight is 524 g/mol. The third kappa shape index (κ3) is 4.59. The molecule has 0 bridgehead atoms. The predicted molar refractivity (Wildman–Crippen MR) is 132 cm³/mol. The summed E-state index contributed by atoms with van der Waals surface area (Å²) in [6, 6.07) is 11.6. The van der Waals surface area contributed by atoms with Crippen molar-refractivity contribution in [2.24, 2.45) is 0 Å². The highest BCUT2D eigenvalue weighted by molar-refractivity contribution is 9.10. The summed E-state index contributed by atoms with van der Waals surface area (Å²) >= 11 is 9.84. The van der Waals surface area contributed by atoms with Crippen molar-refractivity contribution in [3.63, 3.8) is 0 Å². The Morgan fingerprint density at radius 3 is 2.58 bits per heavy atom. The lowest BCUT2D eigenvalue weighted by Gasteiger charge is -2.30. The van der Waals surface area contributed by atoms with E-state index in [2.05, 4.69) is 40.2 Å². The molecule has 5 nitrogen and oxygen atoms in total. The van der Waals surface area contributed by atoms with Crippen LogP contribution in [0.3, 0.4) is 0 Å². The summed E-state index contributed by atoms with van der Waals surface area (Å²) < 4.78 is 1.91. The fourth-order valence-electron chi connectivity index (χ4n) is 4.48. The van der Waals surface area contributed by atoms with Crippen LogP contribution in [0.5, 0.6) is 0 Å². The number of benzene rings is 1. The Morgan fingerprint density at radius 1 is 1.09 bits per heavy atom. The summed E-state index contributed by atoms with van der Waals surface area (Å²) in [5.41, 5.74) is 7.57. The lowest BCUT2D eigenvalue weighted by Crippen LogP contribution is -2.37. The Labute approximate surface area is 205 Å². The van der Waals surface area contributed by atoms with Crippen LogP contribution in [0, 0.1) is 0 Å². The normalized spacial score (nSPS) is 15.2. The highest BCUT2D eigenvalue weighted by Crippen LogP contribution is 2.39. The van der Waals surface area contributed by atoms with Gasteiger partial charge in [0, 0.05) is 56.8 Å². The molecule has 0 spiro atoms. The number of rotatable bonds is 2. The molecule has 1 N–H and O–H groups in total. The number of piperidine rings is 1. The number of amides is 1. The number of halogens is 2. The molecule has 0 atom stereocenters. The van der Waals surface area contributed by atoms with E-state index in [-0.39, 0.29) is 5.91 Å². The maximum atomic E-state index is 12.9. The molecule has 166 valence electrons. The van der Waals surface area contributed by atoms with Gasteiger partial charge in [0.1, 0.15) is 0 Å². The molecule has 1 amide bonds. The summed E-state index contributed by atoms with van der Waals surface area (Å²) in [4.78, 5) is 19.6. The quantitative estimate of drug-likeness (QED) is 0.291. The van der Waals surface area contributed by atoms with Gasteiger partial charge in [-0.2, -0.15) is 0 Å². The third-order valence-corrected chi connectivity index (χ3v) is 6.83. The Bertz CT molecular complexity index is 1230. The van der Waals surface area contributed by atoms with Crippen molar-refractivity contribution in [1.29, 1.82) is 0 Å². The molecule has 5 rings (SSSR count). The molecule has 3 aromatic rings. The lowest BCUT2D eigenvalue weighted by atomic mass is 9.88. The van der Waals surface area contributed by atoms with E-state index in [0.29, 0.717) is 24.5 Å². The van der Waals surface area contributed by atoms with Gasteiger partial charge in [-0.25, -0.2) is 0 Å². The molecule has 7 heteroatoms. The monoisotopic (exact) mass is 522 g/mol. The van der Waals surface area contributed by atoms with Crippen LogP contribution in [-0.4, -0.2) is 34.1 Å². The molecule has 2 aromatic heterocycles. The summed E-state index contributed by atoms with van der Waals surface area (Å²) in [5, 5.41) is 10.1. The number of fused-ring (bicyclic) bond motifs is 2. The zero-order valence-corrected chi connectivity index (χ0v) is 20.2. The number of aromatic nitrogens is 2. The van der Waals surface area contributed by atoms with E-state index >= 15 is 0 Å². The van der Waals surface area contributed by atoms with E-state index in [1.165, 1.54) is 18.0 Å². The first-order chi connectivity index (χ1) is 16.0. The van der Waals surface area contributed by atoms with Gasteiger partial charge in [0.2, 0.25) is 18.3 Å². The second-order valence-electron chi connectivity index (χ2n) is 8.28. The molecule has 1 aliphatic heterocycles. The molecule has 1 aliphatic carbocycles. The Morgan fingerprint density at radius 2 is 1.82 bits per heavy atom. The predicted octanol–water partition coefficient (Wildman–Crippen LogP) is 5.17. The summed E-state index contributed by atoms with van der Waals surface area (Å²) in [7, 11) is 0. The molecule has 2 aliphatic rings. The molecule has 1 aromatic carbocycles. The van der Waals surface area contributed by atoms with Crippen molar-refractivity contribution in [3.8, 4) is 0 Å². The van der Waals surface area contributed by atoms with Gasteiger partial charge in [0.15, 0.2) is 0 Å². The SMILES string of the molecule is O=C(Cc1cc[n+](O)cc1)N1CCC(=C2c3ccc(Cl)cc3C=Cc3cc(Br)cnc32)CC1. The summed E-state index contributed by atoms with van der Waals surface area (Å²) in [6.45, 7) is 1.35. The van der Waals surface area contributed by atoms with E-state index < -0.39 is 0 Å². The topological polar surface area (TPSA) is 57.3 Å². The van der Waals surface area contributed by atoms with Crippen molar-refractivity contribution in [3.05, 3.63) is 98.0 Å². The first kappa shape index (κ1) is 21.9. The number of nitrogens with zero attached hydrogens (tertiary/aromatic N) is 3. The van der Waals surface area contributed by atoms with E-state index in [1.807, 2.05) is 23.2 Å². The number of pyridine rings is 2. The van der Waals surface area contributed by atoms with Gasteiger partial charge in [0.05, 0.1) is 12.1 Å². The minimum absolute atomic E-state index is 0.104. The zero-order chi connectivity index (χ0) is 22.9. The van der Waals surface area contributed by atoms with Crippen molar-refractivity contribution >= 4 is 51.2 Å². The molecule has 0 unspecified atom stereocenters. The molecule has 0 saturated carbocycles. The Hall–Kier alpha value is -2.96. The van der Waals surface area contributed by atoms with Gasteiger partial charge in [0.25, 0.3) is 0 Å². The molecular formula is C26H22BrClN3O2+. The van der Waals surface area contributed by atoms with E-state index in [4.69, 9.17) is 16.6 Å². The first-order valence-electron chi connectivity index (χ1n) is 10.8. The Balaban J connectivity index is 1.45. The number of hydrogen-bond acceptors (Lipinski definition) is 3. The van der Waals surface area contributed by atoms with Crippen LogP contribution < -0.4 is 4.73 Å². The fraction of sp³-hybridized carbons (Fsp3) is 0.192. The van der Waals surface area contributed by atoms with Crippen molar-refractivity contribution in [2.75, 3.05) is 13.1 Å². The average Bonchev–Trinajstić information content (AvgIpc) is 2.97. The smallest absolute Gasteiger partial charge is 0.227 e. The summed E-state index contributed by atoms with van der Waals surface area (Å²) in [6.07, 6.45) is 11.0. The Kier molecular flexibility index (Phi) is 6.04. The standard InChI is InChI=1S/C26H22BrClN3O2/c27-21-14-20-2-1-19-15-22(28)3-4-23(19)25(26(20)29-16-21)18-7-9-30(10-8-18)24(32)13-17-5-11-31(33)12-6-17/h1-6,11-12,14-16,33H,7-10,13H2/q+1. The number of carbonyl (C=O) groups excluding carboxylic acids is 1. The highest BCUT2D eigenvalue weighted by atomic mass is 79.9. The maximum absolute atomic E-state index is 12.9. The number of likely N-dealkylation sites (tertiary alicyclic amines) is 1. The van der Waals surface area contributed by atoms with Gasteiger partial charge in [-0.3, -0.25) is 15.0 Å². The van der Waals surface area contributed by atoms with E-state index in [9.17, 15) is 10.0 Å². The second-order valence-corrected chi connectivity index (χ2v) is 9.63. The van der Waals surface area contributed by atoms with Gasteiger partial charge in [-0.15, -0.1) is 0 Å². The zero-order valence-electron chi connectivity index (χ0n) is 17.8. The number of carbonyl (C=O) groups is 1. The largest absolute Gasteiger partial charge is 0.342 e. The molecule has 3 heterocycles. The summed E-state index contributed by atoms with van der Waals surface area (Å²) in [5.74, 6) is 0.104. The van der Waals surface area contributed by atoms with Crippen molar-refractivity contribution in [2.45, 2.75) is 19.3 Å². The van der Waals surface area contributed by atoms with Crippen LogP contribution in [0.25, 0.3) is 17.7 Å². The molecule has 0 radical (unpaired) electrons. The minimum Gasteiger partial charge on any atom is -0.342 e. The van der Waals surface area contributed by atoms with Crippen molar-refractivity contribution in [1.82, 2.24) is 9.88 Å². The lowest BCUT2D eigenvalue weighted by molar-refractivity contribution is -0.904. The van der Waals surface area contributed by atoms with E-state index in [1.54, 1.807) is 12.1 Å². The van der Waals surface area contributed by atoms with Gasteiger partial charge in [-0.1, -0.05) is 35.4 Å². The van der Waals surface area contributed by atoms with Crippen molar-refractivity contribution < 1.29 is 14.7 Å². The minimum atomic E-state index is 0.104. The van der Waals surface area contributed by atoms with Crippen LogP contribution in [-0.2, 0) is 11.2 Å².